The van der Waals surface area contributed by atoms with Crippen molar-refractivity contribution in [2.45, 2.75) is 103 Å². The van der Waals surface area contributed by atoms with Crippen LogP contribution in [-0.4, -0.2) is 77.2 Å². The lowest BCUT2D eigenvalue weighted by Gasteiger charge is -2.38. The second kappa shape index (κ2) is 15.3. The molecule has 2 heterocycles. The van der Waals surface area contributed by atoms with Gasteiger partial charge in [0.25, 0.3) is 14.1 Å². The predicted molar refractivity (Wildman–Crippen MR) is 153 cm³/mol. The van der Waals surface area contributed by atoms with Gasteiger partial charge in [-0.15, -0.1) is 0 Å². The molecule has 0 spiro atoms. The highest BCUT2D eigenvalue weighted by Crippen LogP contribution is 2.66. The van der Waals surface area contributed by atoms with Gasteiger partial charge in [0.05, 0.1) is 44.1 Å². The van der Waals surface area contributed by atoms with E-state index in [-0.39, 0.29) is 49.9 Å². The van der Waals surface area contributed by atoms with Crippen LogP contribution in [0.3, 0.4) is 0 Å². The summed E-state index contributed by atoms with van der Waals surface area (Å²) in [6.07, 6.45) is -0.217. The van der Waals surface area contributed by atoms with Crippen LogP contribution in [0, 0.1) is 17.2 Å². The minimum absolute atomic E-state index is 0.0179. The third-order valence-corrected chi connectivity index (χ3v) is 11.8. The molecule has 2 fully saturated rings. The molecule has 0 aromatic carbocycles. The van der Waals surface area contributed by atoms with Crippen molar-refractivity contribution in [2.75, 3.05) is 26.9 Å². The lowest BCUT2D eigenvalue weighted by Crippen LogP contribution is -2.41. The molecule has 1 saturated carbocycles. The van der Waals surface area contributed by atoms with Crippen LogP contribution in [0.4, 0.5) is 0 Å². The van der Waals surface area contributed by atoms with Crippen molar-refractivity contribution < 1.29 is 32.1 Å². The Morgan fingerprint density at radius 3 is 2.39 bits per heavy atom. The van der Waals surface area contributed by atoms with E-state index in [1.54, 1.807) is 13.8 Å². The highest BCUT2D eigenvalue weighted by molar-refractivity contribution is 7.55. The summed E-state index contributed by atoms with van der Waals surface area (Å²) in [5.74, 6) is -0.0179. The molecule has 1 aromatic heterocycles. The van der Waals surface area contributed by atoms with Crippen LogP contribution < -0.4 is 11.2 Å². The van der Waals surface area contributed by atoms with E-state index >= 15 is 0 Å². The Labute approximate surface area is 242 Å². The lowest BCUT2D eigenvalue weighted by molar-refractivity contribution is -0.0554. The highest BCUT2D eigenvalue weighted by Gasteiger charge is 2.57. The van der Waals surface area contributed by atoms with Crippen molar-refractivity contribution in [1.29, 1.82) is 5.26 Å². The van der Waals surface area contributed by atoms with Gasteiger partial charge in [-0.25, -0.2) is 9.46 Å². The SMILES string of the molecule is CCOP(=O)(OCC)C1CC1CC1OC(n2ccc(=O)[nH]c2=O)C(OC)C1OP(OCCC#N)N(C(C)C)C(C)C. The summed E-state index contributed by atoms with van der Waals surface area (Å²) in [7, 11) is -3.44. The monoisotopic (exact) mass is 618 g/mol. The van der Waals surface area contributed by atoms with Crippen LogP contribution in [0.15, 0.2) is 21.9 Å². The zero-order valence-corrected chi connectivity index (χ0v) is 26.7. The molecule has 7 atom stereocenters. The van der Waals surface area contributed by atoms with Crippen LogP contribution >= 0.6 is 16.1 Å². The molecule has 1 aliphatic carbocycles. The first kappa shape index (κ1) is 34.0. The summed E-state index contributed by atoms with van der Waals surface area (Å²) in [6, 6.07) is 3.48. The van der Waals surface area contributed by atoms with E-state index in [2.05, 4.69) is 15.7 Å². The Balaban J connectivity index is 1.95. The predicted octanol–water partition coefficient (Wildman–Crippen LogP) is 4.15. The summed E-state index contributed by atoms with van der Waals surface area (Å²) in [5.41, 5.74) is -1.42. The number of nitrogens with one attached hydrogen (secondary N) is 1. The smallest absolute Gasteiger partial charge is 0.333 e. The van der Waals surface area contributed by atoms with Gasteiger partial charge < -0.3 is 27.6 Å². The topological polar surface area (TPSA) is 154 Å². The maximum absolute atomic E-state index is 13.4. The minimum atomic E-state index is -3.29. The third kappa shape index (κ3) is 8.35. The molecular formula is C26H44N4O9P2. The molecule has 1 saturated heterocycles. The van der Waals surface area contributed by atoms with E-state index < -0.39 is 51.9 Å². The van der Waals surface area contributed by atoms with Crippen molar-refractivity contribution in [3.8, 4) is 6.07 Å². The fourth-order valence-electron chi connectivity index (χ4n) is 5.29. The first-order valence-electron chi connectivity index (χ1n) is 14.1. The number of aromatic nitrogens is 2. The number of rotatable bonds is 17. The Morgan fingerprint density at radius 1 is 1.20 bits per heavy atom. The summed E-state index contributed by atoms with van der Waals surface area (Å²) in [4.78, 5) is 26.8. The molecule has 232 valence electrons. The van der Waals surface area contributed by atoms with E-state index in [0.717, 1.165) is 0 Å². The summed E-state index contributed by atoms with van der Waals surface area (Å²) in [5, 5.41) is 9.10. The van der Waals surface area contributed by atoms with Gasteiger partial charge >= 0.3 is 13.3 Å². The van der Waals surface area contributed by atoms with Crippen molar-refractivity contribution in [2.24, 2.45) is 5.92 Å². The average Bonchev–Trinajstić information content (AvgIpc) is 3.59. The van der Waals surface area contributed by atoms with Crippen molar-refractivity contribution in [1.82, 2.24) is 14.2 Å². The van der Waals surface area contributed by atoms with Gasteiger partial charge in [-0.1, -0.05) is 0 Å². The van der Waals surface area contributed by atoms with E-state index in [1.165, 1.54) is 23.9 Å². The lowest BCUT2D eigenvalue weighted by atomic mass is 10.1. The van der Waals surface area contributed by atoms with Crippen LogP contribution in [0.5, 0.6) is 0 Å². The van der Waals surface area contributed by atoms with Gasteiger partial charge in [-0.2, -0.15) is 5.26 Å². The van der Waals surface area contributed by atoms with Gasteiger partial charge in [0.15, 0.2) is 6.23 Å². The normalized spacial score (nSPS) is 27.0. The molecule has 15 heteroatoms. The van der Waals surface area contributed by atoms with Crippen LogP contribution in [-0.2, 0) is 32.1 Å². The number of hydrogen-bond acceptors (Lipinski definition) is 11. The molecular weight excluding hydrogens is 574 g/mol. The Bertz CT molecular complexity index is 1170. The maximum atomic E-state index is 13.4. The van der Waals surface area contributed by atoms with Crippen LogP contribution in [0.25, 0.3) is 0 Å². The molecule has 1 aromatic rings. The Morgan fingerprint density at radius 2 is 1.85 bits per heavy atom. The zero-order chi connectivity index (χ0) is 30.3. The Hall–Kier alpha value is -1.45. The quantitative estimate of drug-likeness (QED) is 0.198. The van der Waals surface area contributed by atoms with E-state index in [0.29, 0.717) is 12.8 Å². The molecule has 1 aliphatic heterocycles. The number of hydrogen-bond donors (Lipinski definition) is 1. The molecule has 2 aliphatic rings. The van der Waals surface area contributed by atoms with Crippen molar-refractivity contribution in [3.63, 3.8) is 0 Å². The number of nitrogens with zero attached hydrogens (tertiary/aromatic N) is 3. The molecule has 41 heavy (non-hydrogen) atoms. The first-order valence-corrected chi connectivity index (χ1v) is 16.9. The van der Waals surface area contributed by atoms with Crippen LogP contribution in [0.2, 0.25) is 0 Å². The average molecular weight is 619 g/mol. The fraction of sp³-hybridized carbons (Fsp3) is 0.808. The first-order chi connectivity index (χ1) is 19.5. The minimum Gasteiger partial charge on any atom is -0.374 e. The third-order valence-electron chi connectivity index (χ3n) is 7.00. The number of nitriles is 1. The molecule has 7 unspecified atom stereocenters. The van der Waals surface area contributed by atoms with Gasteiger partial charge in [0, 0.05) is 31.5 Å². The maximum Gasteiger partial charge on any atom is 0.333 e. The summed E-state index contributed by atoms with van der Waals surface area (Å²) >= 11 is 0. The number of methoxy groups -OCH3 is 1. The van der Waals surface area contributed by atoms with Crippen molar-refractivity contribution >= 4 is 16.1 Å². The van der Waals surface area contributed by atoms with Crippen molar-refractivity contribution in [3.05, 3.63) is 33.1 Å². The van der Waals surface area contributed by atoms with Gasteiger partial charge in [0.2, 0.25) is 0 Å². The molecule has 13 nitrogen and oxygen atoms in total. The number of ether oxygens (including phenoxy) is 2. The standard InChI is InChI=1S/C26H44N4O9P2/c1-8-36-41(33,37-9-2)21-16-19(21)15-20-23(39-40(35-14-10-12-27)30(17(3)4)18(5)6)24(34-7)25(38-20)29-13-11-22(31)28-26(29)32/h11,13,17-21,23-25H,8-10,14-16H2,1-7H3,(H,28,31,32). The molecule has 0 amide bonds. The van der Waals surface area contributed by atoms with Gasteiger partial charge in [0.1, 0.15) is 12.2 Å². The van der Waals surface area contributed by atoms with Gasteiger partial charge in [-0.05, 0) is 60.3 Å². The molecule has 0 radical (unpaired) electrons. The summed E-state index contributed by atoms with van der Waals surface area (Å²) < 4.78 is 53.2. The van der Waals surface area contributed by atoms with E-state index in [1.807, 2.05) is 27.7 Å². The molecule has 3 rings (SSSR count). The second-order valence-electron chi connectivity index (χ2n) is 10.6. The second-order valence-corrected chi connectivity index (χ2v) is 14.2. The fourth-order valence-corrected chi connectivity index (χ4v) is 9.40. The number of H-pyrrole nitrogens is 1. The van der Waals surface area contributed by atoms with Gasteiger partial charge in [-0.3, -0.25) is 18.9 Å². The molecule has 0 bridgehead atoms. The van der Waals surface area contributed by atoms with E-state index in [9.17, 15) is 14.2 Å². The highest BCUT2D eigenvalue weighted by atomic mass is 31.2. The zero-order valence-electron chi connectivity index (χ0n) is 24.9. The number of aromatic amines is 1. The summed E-state index contributed by atoms with van der Waals surface area (Å²) in [6.45, 7) is 12.5. The molecule has 1 N–H and O–H groups in total. The Kier molecular flexibility index (Phi) is 12.7. The largest absolute Gasteiger partial charge is 0.374 e. The van der Waals surface area contributed by atoms with E-state index in [4.69, 9.17) is 32.8 Å². The van der Waals surface area contributed by atoms with Crippen LogP contribution in [0.1, 0.15) is 67.0 Å².